The van der Waals surface area contributed by atoms with Crippen LogP contribution in [0.1, 0.15) is 23.0 Å². The van der Waals surface area contributed by atoms with Crippen LogP contribution in [0.5, 0.6) is 0 Å². The molecule has 0 aliphatic rings. The molecule has 5 nitrogen and oxygen atoms in total. The molecule has 0 unspecified atom stereocenters. The van der Waals surface area contributed by atoms with Crippen molar-refractivity contribution in [2.24, 2.45) is 0 Å². The number of benzene rings is 1. The zero-order valence-electron chi connectivity index (χ0n) is 15.5. The van der Waals surface area contributed by atoms with E-state index in [0.717, 1.165) is 40.1 Å². The first-order valence-electron chi connectivity index (χ1n) is 9.20. The van der Waals surface area contributed by atoms with Gasteiger partial charge in [0.25, 0.3) is 5.91 Å². The molecule has 1 amide bonds. The summed E-state index contributed by atoms with van der Waals surface area (Å²) >= 11 is 1.39. The second-order valence-electron chi connectivity index (χ2n) is 6.34. The largest absolute Gasteiger partial charge is 0.383 e. The summed E-state index contributed by atoms with van der Waals surface area (Å²) in [6.45, 7) is 2.92. The van der Waals surface area contributed by atoms with Crippen LogP contribution in [-0.4, -0.2) is 22.4 Å². The van der Waals surface area contributed by atoms with Gasteiger partial charge in [0.2, 0.25) is 0 Å². The molecule has 1 aromatic carbocycles. The Balaban J connectivity index is 1.73. The molecular formula is C22H20N4OS. The molecule has 0 aliphatic carbocycles. The van der Waals surface area contributed by atoms with Crippen molar-refractivity contribution in [2.45, 2.75) is 13.3 Å². The molecule has 4 aromatic rings. The van der Waals surface area contributed by atoms with Gasteiger partial charge in [-0.2, -0.15) is 0 Å². The molecule has 6 heteroatoms. The number of thiophene rings is 1. The van der Waals surface area contributed by atoms with Crippen molar-refractivity contribution in [3.63, 3.8) is 0 Å². The van der Waals surface area contributed by atoms with Crippen LogP contribution in [0, 0.1) is 0 Å². The Hall–Kier alpha value is -3.25. The van der Waals surface area contributed by atoms with Gasteiger partial charge in [0.05, 0.1) is 21.9 Å². The maximum Gasteiger partial charge on any atom is 0.265 e. The Bertz CT molecular complexity index is 1070. The first kappa shape index (κ1) is 18.1. The second-order valence-corrected chi connectivity index (χ2v) is 7.37. The molecule has 0 atom stereocenters. The van der Waals surface area contributed by atoms with Crippen LogP contribution >= 0.6 is 11.3 Å². The van der Waals surface area contributed by atoms with Crippen LogP contribution in [0.15, 0.2) is 67.0 Å². The number of amides is 1. The van der Waals surface area contributed by atoms with Gasteiger partial charge in [0, 0.05) is 29.9 Å². The smallest absolute Gasteiger partial charge is 0.265 e. The van der Waals surface area contributed by atoms with Gasteiger partial charge in [-0.1, -0.05) is 43.3 Å². The van der Waals surface area contributed by atoms with E-state index >= 15 is 0 Å². The van der Waals surface area contributed by atoms with Gasteiger partial charge < -0.3 is 10.6 Å². The Morgan fingerprint density at radius 1 is 1.04 bits per heavy atom. The first-order valence-corrected chi connectivity index (χ1v) is 10.0. The molecule has 28 heavy (non-hydrogen) atoms. The minimum absolute atomic E-state index is 0.160. The van der Waals surface area contributed by atoms with E-state index in [1.165, 1.54) is 11.3 Å². The number of hydrogen-bond acceptors (Lipinski definition) is 5. The lowest BCUT2D eigenvalue weighted by atomic mass is 10.1. The molecule has 4 rings (SSSR count). The number of fused-ring (bicyclic) bond motifs is 1. The number of nitrogens with one attached hydrogen (secondary N) is 2. The summed E-state index contributed by atoms with van der Waals surface area (Å²) in [6.07, 6.45) is 4.49. The number of pyridine rings is 2. The van der Waals surface area contributed by atoms with Crippen molar-refractivity contribution in [1.29, 1.82) is 0 Å². The number of aromatic nitrogens is 2. The van der Waals surface area contributed by atoms with Crippen LogP contribution in [0.25, 0.3) is 21.5 Å². The van der Waals surface area contributed by atoms with Crippen LogP contribution in [0.3, 0.4) is 0 Å². The number of rotatable bonds is 6. The van der Waals surface area contributed by atoms with E-state index in [9.17, 15) is 4.79 Å². The van der Waals surface area contributed by atoms with E-state index in [-0.39, 0.29) is 5.91 Å². The SMILES string of the molecule is CCCNc1ccnc(-c2ccccc2)c1NC(=O)c1cc2cccnc2s1. The minimum atomic E-state index is -0.160. The highest BCUT2D eigenvalue weighted by molar-refractivity contribution is 7.20. The fraction of sp³-hybridized carbons (Fsp3) is 0.136. The number of anilines is 2. The Labute approximate surface area is 167 Å². The van der Waals surface area contributed by atoms with Crippen molar-refractivity contribution in [1.82, 2.24) is 9.97 Å². The summed E-state index contributed by atoms with van der Waals surface area (Å²) in [5, 5.41) is 7.44. The maximum absolute atomic E-state index is 13.0. The molecule has 0 radical (unpaired) electrons. The summed E-state index contributed by atoms with van der Waals surface area (Å²) in [7, 11) is 0. The van der Waals surface area contributed by atoms with Crippen LogP contribution in [0.4, 0.5) is 11.4 Å². The molecule has 2 N–H and O–H groups in total. The lowest BCUT2D eigenvalue weighted by Crippen LogP contribution is -2.14. The Morgan fingerprint density at radius 2 is 1.89 bits per heavy atom. The highest BCUT2D eigenvalue weighted by atomic mass is 32.1. The van der Waals surface area contributed by atoms with Gasteiger partial charge in [-0.25, -0.2) is 4.98 Å². The number of carbonyl (C=O) groups is 1. The fourth-order valence-electron chi connectivity index (χ4n) is 2.97. The topological polar surface area (TPSA) is 66.9 Å². The fourth-order valence-corrected chi connectivity index (χ4v) is 3.87. The third-order valence-corrected chi connectivity index (χ3v) is 5.38. The molecule has 3 aromatic heterocycles. The van der Waals surface area contributed by atoms with Crippen molar-refractivity contribution in [2.75, 3.05) is 17.2 Å². The normalized spacial score (nSPS) is 10.8. The molecule has 140 valence electrons. The molecule has 0 aliphatic heterocycles. The molecule has 0 bridgehead atoms. The first-order chi connectivity index (χ1) is 13.8. The predicted octanol–water partition coefficient (Wildman–Crippen LogP) is 5.43. The van der Waals surface area contributed by atoms with Gasteiger partial charge in [0.15, 0.2) is 0 Å². The monoisotopic (exact) mass is 388 g/mol. The average Bonchev–Trinajstić information content (AvgIpc) is 3.18. The van der Waals surface area contributed by atoms with Gasteiger partial charge in [-0.15, -0.1) is 11.3 Å². The van der Waals surface area contributed by atoms with Crippen LogP contribution in [0.2, 0.25) is 0 Å². The molecule has 0 saturated carbocycles. The quantitative estimate of drug-likeness (QED) is 0.462. The highest BCUT2D eigenvalue weighted by Gasteiger charge is 2.17. The molecule has 0 spiro atoms. The van der Waals surface area contributed by atoms with E-state index in [2.05, 4.69) is 27.5 Å². The highest BCUT2D eigenvalue weighted by Crippen LogP contribution is 2.33. The Kier molecular flexibility index (Phi) is 5.30. The van der Waals surface area contributed by atoms with E-state index in [0.29, 0.717) is 10.6 Å². The van der Waals surface area contributed by atoms with Crippen LogP contribution < -0.4 is 10.6 Å². The second kappa shape index (κ2) is 8.19. The lowest BCUT2D eigenvalue weighted by Gasteiger charge is -2.16. The van der Waals surface area contributed by atoms with Gasteiger partial charge in [-0.05, 0) is 24.6 Å². The van der Waals surface area contributed by atoms with Crippen molar-refractivity contribution in [3.05, 3.63) is 71.9 Å². The summed E-state index contributed by atoms with van der Waals surface area (Å²) in [5.74, 6) is -0.160. The van der Waals surface area contributed by atoms with Crippen molar-refractivity contribution < 1.29 is 4.79 Å². The Morgan fingerprint density at radius 3 is 2.68 bits per heavy atom. The van der Waals surface area contributed by atoms with Gasteiger partial charge in [-0.3, -0.25) is 9.78 Å². The van der Waals surface area contributed by atoms with E-state index in [1.54, 1.807) is 12.4 Å². The van der Waals surface area contributed by atoms with Crippen LogP contribution in [-0.2, 0) is 0 Å². The molecular weight excluding hydrogens is 368 g/mol. The molecule has 3 heterocycles. The van der Waals surface area contributed by atoms with Crippen molar-refractivity contribution >= 4 is 38.8 Å². The molecule has 0 fully saturated rings. The summed E-state index contributed by atoms with van der Waals surface area (Å²) in [5.41, 5.74) is 3.26. The predicted molar refractivity (Wildman–Crippen MR) is 116 cm³/mol. The average molecular weight is 388 g/mol. The third-order valence-electron chi connectivity index (χ3n) is 4.32. The zero-order chi connectivity index (χ0) is 19.3. The lowest BCUT2D eigenvalue weighted by molar-refractivity contribution is 0.103. The summed E-state index contributed by atoms with van der Waals surface area (Å²) in [6, 6.07) is 17.5. The third kappa shape index (κ3) is 3.73. The number of hydrogen-bond donors (Lipinski definition) is 2. The van der Waals surface area contributed by atoms with E-state index in [4.69, 9.17) is 0 Å². The van der Waals surface area contributed by atoms with Crippen molar-refractivity contribution in [3.8, 4) is 11.3 Å². The minimum Gasteiger partial charge on any atom is -0.383 e. The van der Waals surface area contributed by atoms with E-state index < -0.39 is 0 Å². The zero-order valence-corrected chi connectivity index (χ0v) is 16.3. The van der Waals surface area contributed by atoms with Gasteiger partial charge in [0.1, 0.15) is 4.83 Å². The number of nitrogens with zero attached hydrogens (tertiary/aromatic N) is 2. The van der Waals surface area contributed by atoms with Gasteiger partial charge >= 0.3 is 0 Å². The maximum atomic E-state index is 13.0. The standard InChI is InChI=1S/C22H20N4OS/c1-2-11-23-17-10-13-24-19(15-7-4-3-5-8-15)20(17)26-21(27)18-14-16-9-6-12-25-22(16)28-18/h3-10,12-14H,2,11H2,1H3,(H,23,24)(H,26,27). The number of carbonyl (C=O) groups excluding carboxylic acids is 1. The summed E-state index contributed by atoms with van der Waals surface area (Å²) in [4.78, 5) is 23.4. The summed E-state index contributed by atoms with van der Waals surface area (Å²) < 4.78 is 0. The molecule has 0 saturated heterocycles. The van der Waals surface area contributed by atoms with E-state index in [1.807, 2.05) is 54.6 Å².